The quantitative estimate of drug-likeness (QED) is 0.780. The third-order valence-electron chi connectivity index (χ3n) is 6.14. The second-order valence-electron chi connectivity index (χ2n) is 7.22. The number of fused-ring (bicyclic) bond motifs is 2. The molecule has 0 aromatic carbocycles. The van der Waals surface area contributed by atoms with Crippen LogP contribution in [-0.4, -0.2) is 10.7 Å². The van der Waals surface area contributed by atoms with Crippen molar-refractivity contribution in [3.63, 3.8) is 0 Å². The summed E-state index contributed by atoms with van der Waals surface area (Å²) in [5.41, 5.74) is -0.277. The van der Waals surface area contributed by atoms with Crippen molar-refractivity contribution in [3.8, 4) is 0 Å². The van der Waals surface area contributed by atoms with E-state index in [1.165, 1.54) is 44.9 Å². The third-order valence-corrected chi connectivity index (χ3v) is 6.14. The molecule has 0 aromatic heterocycles. The molecule has 17 heavy (non-hydrogen) atoms. The van der Waals surface area contributed by atoms with Crippen molar-refractivity contribution >= 4 is 0 Å². The lowest BCUT2D eigenvalue weighted by atomic mass is 9.71. The molecule has 0 amide bonds. The molecule has 1 N–H and O–H groups in total. The Kier molecular flexibility index (Phi) is 3.23. The molecule has 0 radical (unpaired) electrons. The molecule has 3 fully saturated rings. The standard InChI is InChI=1S/C16H28O/c1-2-12-5-7-16(17,8-6-12)11-15-10-13-3-4-14(15)9-13/h12-15,17H,2-11H2,1H3. The van der Waals surface area contributed by atoms with Gasteiger partial charge in [-0.2, -0.15) is 0 Å². The topological polar surface area (TPSA) is 20.2 Å². The Labute approximate surface area is 106 Å². The Morgan fingerprint density at radius 3 is 2.35 bits per heavy atom. The van der Waals surface area contributed by atoms with E-state index in [-0.39, 0.29) is 5.60 Å². The van der Waals surface area contributed by atoms with Gasteiger partial charge in [0.25, 0.3) is 0 Å². The first-order valence-electron chi connectivity index (χ1n) is 7.91. The summed E-state index contributed by atoms with van der Waals surface area (Å²) in [6.45, 7) is 2.30. The fourth-order valence-electron chi connectivity index (χ4n) is 4.94. The maximum absolute atomic E-state index is 10.8. The summed E-state index contributed by atoms with van der Waals surface area (Å²) in [5.74, 6) is 3.78. The van der Waals surface area contributed by atoms with Gasteiger partial charge in [0.05, 0.1) is 5.60 Å². The highest BCUT2D eigenvalue weighted by Crippen LogP contribution is 2.52. The summed E-state index contributed by atoms with van der Waals surface area (Å²) < 4.78 is 0. The minimum absolute atomic E-state index is 0.277. The normalized spacial score (nSPS) is 49.8. The van der Waals surface area contributed by atoms with Gasteiger partial charge in [-0.15, -0.1) is 0 Å². The zero-order chi connectivity index (χ0) is 11.9. The van der Waals surface area contributed by atoms with Gasteiger partial charge in [0, 0.05) is 0 Å². The molecule has 3 aliphatic carbocycles. The molecule has 0 spiro atoms. The summed E-state index contributed by atoms with van der Waals surface area (Å²) in [7, 11) is 0. The monoisotopic (exact) mass is 236 g/mol. The predicted octanol–water partition coefficient (Wildman–Crippen LogP) is 4.14. The van der Waals surface area contributed by atoms with Gasteiger partial charge in [0.1, 0.15) is 0 Å². The number of rotatable bonds is 3. The van der Waals surface area contributed by atoms with Crippen LogP contribution in [0.2, 0.25) is 0 Å². The Morgan fingerprint density at radius 1 is 1.06 bits per heavy atom. The second-order valence-corrected chi connectivity index (χ2v) is 7.22. The average Bonchev–Trinajstić information content (AvgIpc) is 2.91. The van der Waals surface area contributed by atoms with Gasteiger partial charge in [-0.1, -0.05) is 19.8 Å². The van der Waals surface area contributed by atoms with E-state index in [4.69, 9.17) is 0 Å². The molecule has 3 atom stereocenters. The van der Waals surface area contributed by atoms with E-state index >= 15 is 0 Å². The summed E-state index contributed by atoms with van der Waals surface area (Å²) in [6, 6.07) is 0. The lowest BCUT2D eigenvalue weighted by Crippen LogP contribution is -2.37. The molecule has 98 valence electrons. The van der Waals surface area contributed by atoms with Gasteiger partial charge >= 0.3 is 0 Å². The Morgan fingerprint density at radius 2 is 1.82 bits per heavy atom. The minimum atomic E-state index is -0.277. The molecule has 1 nitrogen and oxygen atoms in total. The molecule has 3 rings (SSSR count). The molecule has 1 heteroatoms. The predicted molar refractivity (Wildman–Crippen MR) is 70.8 cm³/mol. The summed E-state index contributed by atoms with van der Waals surface area (Å²) in [4.78, 5) is 0. The Bertz CT molecular complexity index is 265. The van der Waals surface area contributed by atoms with Crippen LogP contribution >= 0.6 is 0 Å². The maximum atomic E-state index is 10.8. The second kappa shape index (κ2) is 4.57. The van der Waals surface area contributed by atoms with Gasteiger partial charge in [-0.25, -0.2) is 0 Å². The summed E-state index contributed by atoms with van der Waals surface area (Å²) in [6.07, 6.45) is 13.0. The average molecular weight is 236 g/mol. The summed E-state index contributed by atoms with van der Waals surface area (Å²) in [5, 5.41) is 10.8. The molecule has 0 heterocycles. The highest BCUT2D eigenvalue weighted by molar-refractivity contribution is 4.95. The van der Waals surface area contributed by atoms with Crippen LogP contribution in [0, 0.1) is 23.7 Å². The fourth-order valence-corrected chi connectivity index (χ4v) is 4.94. The van der Waals surface area contributed by atoms with E-state index in [1.54, 1.807) is 0 Å². The lowest BCUT2D eigenvalue weighted by molar-refractivity contribution is -0.0354. The zero-order valence-corrected chi connectivity index (χ0v) is 11.3. The van der Waals surface area contributed by atoms with Gasteiger partial charge < -0.3 is 5.11 Å². The van der Waals surface area contributed by atoms with E-state index in [2.05, 4.69) is 6.92 Å². The Balaban J connectivity index is 1.54. The van der Waals surface area contributed by atoms with Crippen molar-refractivity contribution < 1.29 is 5.11 Å². The minimum Gasteiger partial charge on any atom is -0.390 e. The third kappa shape index (κ3) is 2.41. The first-order chi connectivity index (χ1) is 8.18. The van der Waals surface area contributed by atoms with Crippen molar-refractivity contribution in [1.29, 1.82) is 0 Å². The van der Waals surface area contributed by atoms with E-state index in [9.17, 15) is 5.11 Å². The van der Waals surface area contributed by atoms with Crippen LogP contribution in [0.1, 0.15) is 71.1 Å². The van der Waals surface area contributed by atoms with E-state index in [1.807, 2.05) is 0 Å². The molecule has 0 aliphatic heterocycles. The smallest absolute Gasteiger partial charge is 0.0650 e. The van der Waals surface area contributed by atoms with Crippen molar-refractivity contribution in [1.82, 2.24) is 0 Å². The van der Waals surface area contributed by atoms with Crippen molar-refractivity contribution in [2.75, 3.05) is 0 Å². The molecular formula is C16H28O. The van der Waals surface area contributed by atoms with Crippen LogP contribution in [0.25, 0.3) is 0 Å². The molecule has 3 saturated carbocycles. The van der Waals surface area contributed by atoms with Gasteiger partial charge in [-0.3, -0.25) is 0 Å². The molecule has 0 aromatic rings. The van der Waals surface area contributed by atoms with Crippen molar-refractivity contribution in [2.45, 2.75) is 76.7 Å². The first-order valence-corrected chi connectivity index (χ1v) is 7.91. The SMILES string of the molecule is CCC1CCC(O)(CC2CC3CCC2C3)CC1. The van der Waals surface area contributed by atoms with Crippen molar-refractivity contribution in [2.24, 2.45) is 23.7 Å². The molecule has 3 aliphatic rings. The highest BCUT2D eigenvalue weighted by Gasteiger charge is 2.44. The van der Waals surface area contributed by atoms with Crippen LogP contribution in [0.15, 0.2) is 0 Å². The molecule has 2 bridgehead atoms. The van der Waals surface area contributed by atoms with E-state index in [0.717, 1.165) is 42.9 Å². The largest absolute Gasteiger partial charge is 0.390 e. The number of hydrogen-bond donors (Lipinski definition) is 1. The van der Waals surface area contributed by atoms with E-state index < -0.39 is 0 Å². The lowest BCUT2D eigenvalue weighted by Gasteiger charge is -2.39. The van der Waals surface area contributed by atoms with Crippen LogP contribution < -0.4 is 0 Å². The first kappa shape index (κ1) is 12.0. The van der Waals surface area contributed by atoms with Gasteiger partial charge in [0.2, 0.25) is 0 Å². The van der Waals surface area contributed by atoms with Gasteiger partial charge in [0.15, 0.2) is 0 Å². The van der Waals surface area contributed by atoms with Gasteiger partial charge in [-0.05, 0) is 75.0 Å². The zero-order valence-electron chi connectivity index (χ0n) is 11.3. The molecular weight excluding hydrogens is 208 g/mol. The maximum Gasteiger partial charge on any atom is 0.0650 e. The fraction of sp³-hybridized carbons (Fsp3) is 1.00. The number of hydrogen-bond acceptors (Lipinski definition) is 1. The van der Waals surface area contributed by atoms with Crippen LogP contribution in [-0.2, 0) is 0 Å². The van der Waals surface area contributed by atoms with Crippen LogP contribution in [0.5, 0.6) is 0 Å². The molecule has 0 saturated heterocycles. The Hall–Kier alpha value is -0.0400. The summed E-state index contributed by atoms with van der Waals surface area (Å²) >= 11 is 0. The highest BCUT2D eigenvalue weighted by atomic mass is 16.3. The van der Waals surface area contributed by atoms with E-state index in [0.29, 0.717) is 0 Å². The number of aliphatic hydroxyl groups is 1. The molecule has 3 unspecified atom stereocenters. The van der Waals surface area contributed by atoms with Crippen LogP contribution in [0.4, 0.5) is 0 Å². The van der Waals surface area contributed by atoms with Crippen LogP contribution in [0.3, 0.4) is 0 Å². The van der Waals surface area contributed by atoms with Crippen molar-refractivity contribution in [3.05, 3.63) is 0 Å².